The summed E-state index contributed by atoms with van der Waals surface area (Å²) >= 11 is 0. The maximum Gasteiger partial charge on any atom is 0.317 e. The monoisotopic (exact) mass is 362 g/mol. The number of carbonyl (C=O) groups excluding carboxylic acids is 1. The highest BCUT2D eigenvalue weighted by atomic mass is 16.5. The van der Waals surface area contributed by atoms with E-state index in [1.54, 1.807) is 7.11 Å². The van der Waals surface area contributed by atoms with E-state index in [4.69, 9.17) is 9.47 Å². The molecule has 1 heterocycles. The second-order valence-electron chi connectivity index (χ2n) is 7.84. The summed E-state index contributed by atoms with van der Waals surface area (Å²) in [5.41, 5.74) is 1.01. The summed E-state index contributed by atoms with van der Waals surface area (Å²) in [6, 6.07) is 8.32. The molecule has 0 aliphatic carbocycles. The molecule has 0 saturated carbocycles. The van der Waals surface area contributed by atoms with Crippen LogP contribution in [0.1, 0.15) is 45.6 Å². The van der Waals surface area contributed by atoms with E-state index in [2.05, 4.69) is 32.2 Å². The van der Waals surface area contributed by atoms with Crippen LogP contribution >= 0.6 is 0 Å². The summed E-state index contributed by atoms with van der Waals surface area (Å²) in [5.74, 6) is 1.45. The predicted molar refractivity (Wildman–Crippen MR) is 105 cm³/mol. The van der Waals surface area contributed by atoms with E-state index in [0.29, 0.717) is 25.7 Å². The van der Waals surface area contributed by atoms with Gasteiger partial charge in [0.1, 0.15) is 5.75 Å². The highest BCUT2D eigenvalue weighted by Gasteiger charge is 2.37. The van der Waals surface area contributed by atoms with Crippen LogP contribution in [0.4, 0.5) is 4.79 Å². The molecule has 0 spiro atoms. The molecule has 1 N–H and O–H groups in total. The molecule has 1 aromatic rings. The normalized spacial score (nSPS) is 17.6. The Morgan fingerprint density at radius 2 is 1.92 bits per heavy atom. The summed E-state index contributed by atoms with van der Waals surface area (Å²) in [6.07, 6.45) is 2.74. The molecule has 5 heteroatoms. The number of urea groups is 1. The van der Waals surface area contributed by atoms with Gasteiger partial charge in [0.15, 0.2) is 0 Å². The van der Waals surface area contributed by atoms with Crippen LogP contribution in [0.15, 0.2) is 24.3 Å². The number of nitrogens with one attached hydrogen (secondary N) is 1. The van der Waals surface area contributed by atoms with Crippen LogP contribution in [0.25, 0.3) is 0 Å². The molecular formula is C21H34N2O3. The van der Waals surface area contributed by atoms with Gasteiger partial charge in [0.25, 0.3) is 0 Å². The minimum atomic E-state index is -0.150. The van der Waals surface area contributed by atoms with Crippen molar-refractivity contribution in [2.45, 2.75) is 51.5 Å². The summed E-state index contributed by atoms with van der Waals surface area (Å²) in [5, 5.41) is 3.17. The average Bonchev–Trinajstić information content (AvgIpc) is 2.65. The summed E-state index contributed by atoms with van der Waals surface area (Å²) in [6.45, 7) is 8.46. The van der Waals surface area contributed by atoms with Crippen molar-refractivity contribution in [3.8, 4) is 5.75 Å². The average molecular weight is 363 g/mol. The van der Waals surface area contributed by atoms with Gasteiger partial charge in [0, 0.05) is 43.8 Å². The van der Waals surface area contributed by atoms with Crippen LogP contribution in [0.2, 0.25) is 0 Å². The highest BCUT2D eigenvalue weighted by Crippen LogP contribution is 2.39. The van der Waals surface area contributed by atoms with Crippen molar-refractivity contribution in [1.29, 1.82) is 0 Å². The molecule has 0 unspecified atom stereocenters. The molecule has 0 aromatic heterocycles. The van der Waals surface area contributed by atoms with Crippen molar-refractivity contribution in [2.75, 3.05) is 33.9 Å². The Labute approximate surface area is 158 Å². The maximum atomic E-state index is 12.7. The van der Waals surface area contributed by atoms with E-state index in [1.165, 1.54) is 0 Å². The molecular weight excluding hydrogens is 328 g/mol. The Bertz CT molecular complexity index is 582. The smallest absolute Gasteiger partial charge is 0.317 e. The molecule has 146 valence electrons. The molecule has 5 nitrogen and oxygen atoms in total. The van der Waals surface area contributed by atoms with Crippen molar-refractivity contribution in [1.82, 2.24) is 10.2 Å². The molecule has 1 aromatic carbocycles. The van der Waals surface area contributed by atoms with Crippen LogP contribution in [-0.4, -0.2) is 50.9 Å². The Kier molecular flexibility index (Phi) is 7.33. The van der Waals surface area contributed by atoms with E-state index in [-0.39, 0.29) is 17.5 Å². The fraction of sp³-hybridized carbons (Fsp3) is 0.667. The fourth-order valence-electron chi connectivity index (χ4n) is 3.80. The van der Waals surface area contributed by atoms with E-state index in [1.807, 2.05) is 30.1 Å². The first-order valence-corrected chi connectivity index (χ1v) is 9.61. The number of hydrogen-bond donors (Lipinski definition) is 1. The number of amides is 2. The zero-order chi connectivity index (χ0) is 19.2. The number of para-hydroxylation sites is 1. The van der Waals surface area contributed by atoms with Crippen molar-refractivity contribution in [3.63, 3.8) is 0 Å². The first-order chi connectivity index (χ1) is 12.4. The van der Waals surface area contributed by atoms with Gasteiger partial charge in [-0.25, -0.2) is 4.79 Å². The topological polar surface area (TPSA) is 50.8 Å². The van der Waals surface area contributed by atoms with Crippen molar-refractivity contribution < 1.29 is 14.3 Å². The summed E-state index contributed by atoms with van der Waals surface area (Å²) in [7, 11) is 3.58. The van der Waals surface area contributed by atoms with Crippen LogP contribution in [0.3, 0.4) is 0 Å². The Morgan fingerprint density at radius 1 is 1.27 bits per heavy atom. The van der Waals surface area contributed by atoms with Crippen LogP contribution in [-0.2, 0) is 10.2 Å². The van der Waals surface area contributed by atoms with Gasteiger partial charge in [-0.2, -0.15) is 0 Å². The molecule has 2 rings (SSSR count). The minimum Gasteiger partial charge on any atom is -0.496 e. The van der Waals surface area contributed by atoms with Gasteiger partial charge in [0.05, 0.1) is 7.11 Å². The van der Waals surface area contributed by atoms with Gasteiger partial charge < -0.3 is 19.7 Å². The number of hydrogen-bond acceptors (Lipinski definition) is 3. The Morgan fingerprint density at radius 3 is 2.54 bits per heavy atom. The van der Waals surface area contributed by atoms with Gasteiger partial charge in [-0.1, -0.05) is 32.0 Å². The minimum absolute atomic E-state index is 0.0149. The van der Waals surface area contributed by atoms with Crippen LogP contribution < -0.4 is 10.1 Å². The van der Waals surface area contributed by atoms with Gasteiger partial charge in [-0.15, -0.1) is 0 Å². The van der Waals surface area contributed by atoms with Gasteiger partial charge in [0.2, 0.25) is 0 Å². The molecule has 0 radical (unpaired) electrons. The number of methoxy groups -OCH3 is 1. The molecule has 0 bridgehead atoms. The second-order valence-corrected chi connectivity index (χ2v) is 7.84. The molecule has 1 saturated heterocycles. The van der Waals surface area contributed by atoms with Crippen LogP contribution in [0, 0.1) is 5.92 Å². The first-order valence-electron chi connectivity index (χ1n) is 9.61. The van der Waals surface area contributed by atoms with Crippen molar-refractivity contribution >= 4 is 6.03 Å². The summed E-state index contributed by atoms with van der Waals surface area (Å²) in [4.78, 5) is 14.5. The number of carbonyl (C=O) groups is 1. The predicted octanol–water partition coefficient (Wildman–Crippen LogP) is 3.82. The van der Waals surface area contributed by atoms with E-state index in [0.717, 1.165) is 30.6 Å². The van der Waals surface area contributed by atoms with E-state index >= 15 is 0 Å². The number of ether oxygens (including phenoxy) is 2. The number of nitrogens with zero attached hydrogens (tertiary/aromatic N) is 1. The zero-order valence-corrected chi connectivity index (χ0v) is 16.9. The van der Waals surface area contributed by atoms with E-state index in [9.17, 15) is 4.79 Å². The molecule has 2 amide bonds. The van der Waals surface area contributed by atoms with E-state index < -0.39 is 0 Å². The lowest BCUT2D eigenvalue weighted by Gasteiger charge is -2.39. The third kappa shape index (κ3) is 4.91. The Hall–Kier alpha value is -1.75. The van der Waals surface area contributed by atoms with Gasteiger partial charge >= 0.3 is 6.03 Å². The summed E-state index contributed by atoms with van der Waals surface area (Å²) < 4.78 is 11.2. The molecule has 1 atom stereocenters. The largest absolute Gasteiger partial charge is 0.496 e. The third-order valence-corrected chi connectivity index (χ3v) is 5.50. The standard InChI is InChI=1S/C21H34N2O3/c1-16(2)14-17(3)23(4)20(24)22-15-21(10-12-26-13-11-21)18-8-6-7-9-19(18)25-5/h6-9,16-17H,10-15H2,1-5H3,(H,22,24)/t17-/m1/s1. The fourth-order valence-corrected chi connectivity index (χ4v) is 3.80. The first kappa shape index (κ1) is 20.6. The van der Waals surface area contributed by atoms with Crippen LogP contribution in [0.5, 0.6) is 5.75 Å². The Balaban J connectivity index is 2.12. The molecule has 26 heavy (non-hydrogen) atoms. The lowest BCUT2D eigenvalue weighted by molar-refractivity contribution is 0.0492. The second kappa shape index (κ2) is 9.26. The molecule has 1 aliphatic heterocycles. The zero-order valence-electron chi connectivity index (χ0n) is 16.9. The SMILES string of the molecule is COc1ccccc1C1(CNC(=O)N(C)[C@H](C)CC(C)C)CCOCC1. The number of benzene rings is 1. The van der Waals surface area contributed by atoms with Crippen molar-refractivity contribution in [3.05, 3.63) is 29.8 Å². The molecule has 1 aliphatic rings. The lowest BCUT2D eigenvalue weighted by Crippen LogP contribution is -2.49. The van der Waals surface area contributed by atoms with Crippen molar-refractivity contribution in [2.24, 2.45) is 5.92 Å². The third-order valence-electron chi connectivity index (χ3n) is 5.50. The lowest BCUT2D eigenvalue weighted by atomic mass is 9.73. The quantitative estimate of drug-likeness (QED) is 0.802. The van der Waals surface area contributed by atoms with Gasteiger partial charge in [-0.05, 0) is 38.2 Å². The molecule has 1 fully saturated rings. The van der Waals surface area contributed by atoms with Gasteiger partial charge in [-0.3, -0.25) is 0 Å². The highest BCUT2D eigenvalue weighted by molar-refractivity contribution is 5.74. The maximum absolute atomic E-state index is 12.7. The number of rotatable bonds is 7.